The number of aliphatic imine (C=N–C) groups is 1. The van der Waals surface area contributed by atoms with Crippen molar-refractivity contribution in [3.8, 4) is 0 Å². The topological polar surface area (TPSA) is 105 Å². The largest absolute Gasteiger partial charge is 0.376 e. The Hall–Kier alpha value is -1.71. The monoisotopic (exact) mass is 411 g/mol. The quantitative estimate of drug-likeness (QED) is 0.234. The summed E-state index contributed by atoms with van der Waals surface area (Å²) in [4.78, 5) is 8.39. The van der Waals surface area contributed by atoms with Crippen LogP contribution in [0.2, 0.25) is 0 Å². The molecule has 0 saturated heterocycles. The molecule has 1 aliphatic rings. The van der Waals surface area contributed by atoms with Gasteiger partial charge in [0, 0.05) is 32.0 Å². The molecule has 3 N–H and O–H groups in total. The Morgan fingerprint density at radius 2 is 2.00 bits per heavy atom. The van der Waals surface area contributed by atoms with Crippen molar-refractivity contribution >= 4 is 16.0 Å². The molecule has 2 rings (SSSR count). The van der Waals surface area contributed by atoms with Gasteiger partial charge in [-0.1, -0.05) is 25.7 Å². The van der Waals surface area contributed by atoms with Gasteiger partial charge in [0.2, 0.25) is 10.0 Å². The van der Waals surface area contributed by atoms with Crippen molar-refractivity contribution in [3.05, 3.63) is 24.5 Å². The number of nitrogens with zero attached hydrogens (tertiary/aromatic N) is 2. The molecule has 0 radical (unpaired) electrons. The number of hydrogen-bond donors (Lipinski definition) is 3. The van der Waals surface area contributed by atoms with E-state index in [2.05, 4.69) is 25.3 Å². The summed E-state index contributed by atoms with van der Waals surface area (Å²) >= 11 is 0. The van der Waals surface area contributed by atoms with Crippen molar-refractivity contribution in [2.75, 3.05) is 32.8 Å². The minimum absolute atomic E-state index is 0.152. The van der Waals surface area contributed by atoms with Gasteiger partial charge in [0.25, 0.3) is 0 Å². The van der Waals surface area contributed by atoms with Crippen LogP contribution in [0, 0.1) is 0 Å². The molecule has 1 aromatic heterocycles. The van der Waals surface area contributed by atoms with Crippen LogP contribution in [-0.2, 0) is 14.8 Å². The molecular formula is C19H33N5O3S. The molecule has 158 valence electrons. The first-order chi connectivity index (χ1) is 13.6. The predicted molar refractivity (Wildman–Crippen MR) is 111 cm³/mol. The fourth-order valence-corrected chi connectivity index (χ4v) is 4.07. The molecule has 0 aromatic carbocycles. The van der Waals surface area contributed by atoms with Crippen LogP contribution in [0.4, 0.5) is 0 Å². The number of pyridine rings is 1. The standard InChI is InChI=1S/C19H33N5O3S/c1-2-21-19(23-14-15-27-17-8-5-3-4-6-9-17)22-12-13-24-28(25,26)18-10-7-11-20-16-18/h7,10-11,16-17,24H,2-6,8-9,12-15H2,1H3,(H2,21,22,23). The van der Waals surface area contributed by atoms with Crippen LogP contribution in [0.1, 0.15) is 45.4 Å². The lowest BCUT2D eigenvalue weighted by Crippen LogP contribution is -2.40. The van der Waals surface area contributed by atoms with Gasteiger partial charge in [-0.3, -0.25) is 9.98 Å². The maximum absolute atomic E-state index is 12.1. The SMILES string of the molecule is CCNC(=NCCNS(=O)(=O)c1cccnc1)NCCOC1CCCCCC1. The van der Waals surface area contributed by atoms with Crippen LogP contribution in [0.3, 0.4) is 0 Å². The number of ether oxygens (including phenoxy) is 1. The summed E-state index contributed by atoms with van der Waals surface area (Å²) in [5.74, 6) is 0.660. The van der Waals surface area contributed by atoms with E-state index < -0.39 is 10.0 Å². The van der Waals surface area contributed by atoms with Gasteiger partial charge in [0.05, 0.1) is 19.3 Å². The molecule has 9 heteroatoms. The molecule has 1 aromatic rings. The zero-order valence-electron chi connectivity index (χ0n) is 16.7. The van der Waals surface area contributed by atoms with Gasteiger partial charge in [-0.05, 0) is 31.9 Å². The minimum Gasteiger partial charge on any atom is -0.376 e. The summed E-state index contributed by atoms with van der Waals surface area (Å²) in [6.45, 7) is 4.58. The lowest BCUT2D eigenvalue weighted by Gasteiger charge is -2.16. The molecule has 0 amide bonds. The van der Waals surface area contributed by atoms with E-state index in [1.165, 1.54) is 44.1 Å². The number of nitrogens with one attached hydrogen (secondary N) is 3. The smallest absolute Gasteiger partial charge is 0.242 e. The van der Waals surface area contributed by atoms with Crippen LogP contribution < -0.4 is 15.4 Å². The minimum atomic E-state index is -3.55. The van der Waals surface area contributed by atoms with Gasteiger partial charge in [0.15, 0.2) is 5.96 Å². The zero-order valence-corrected chi connectivity index (χ0v) is 17.5. The average Bonchev–Trinajstić information content (AvgIpc) is 2.98. The maximum Gasteiger partial charge on any atom is 0.242 e. The number of hydrogen-bond acceptors (Lipinski definition) is 5. The molecule has 0 bridgehead atoms. The molecule has 0 spiro atoms. The first-order valence-corrected chi connectivity index (χ1v) is 11.6. The molecule has 1 saturated carbocycles. The lowest BCUT2D eigenvalue weighted by molar-refractivity contribution is 0.0468. The Labute approximate surface area is 168 Å². The zero-order chi connectivity index (χ0) is 20.1. The van der Waals surface area contributed by atoms with E-state index in [9.17, 15) is 8.42 Å². The molecule has 28 heavy (non-hydrogen) atoms. The summed E-state index contributed by atoms with van der Waals surface area (Å²) in [6.07, 6.45) is 10.7. The molecule has 8 nitrogen and oxygen atoms in total. The lowest BCUT2D eigenvalue weighted by atomic mass is 10.1. The van der Waals surface area contributed by atoms with Crippen molar-refractivity contribution in [1.29, 1.82) is 0 Å². The second kappa shape index (κ2) is 12.7. The van der Waals surface area contributed by atoms with Gasteiger partial charge >= 0.3 is 0 Å². The van der Waals surface area contributed by atoms with E-state index in [-0.39, 0.29) is 11.4 Å². The van der Waals surface area contributed by atoms with Crippen LogP contribution in [-0.4, -0.2) is 58.3 Å². The van der Waals surface area contributed by atoms with E-state index in [0.717, 1.165) is 19.4 Å². The second-order valence-corrected chi connectivity index (χ2v) is 8.53. The van der Waals surface area contributed by atoms with Gasteiger partial charge in [-0.2, -0.15) is 0 Å². The third-order valence-corrected chi connectivity index (χ3v) is 5.96. The average molecular weight is 412 g/mol. The number of rotatable bonds is 10. The molecule has 0 unspecified atom stereocenters. The first kappa shape index (κ1) is 22.6. The van der Waals surface area contributed by atoms with Gasteiger partial charge < -0.3 is 15.4 Å². The Kier molecular flexibility index (Phi) is 10.2. The highest BCUT2D eigenvalue weighted by molar-refractivity contribution is 7.89. The van der Waals surface area contributed by atoms with Crippen molar-refractivity contribution in [2.45, 2.75) is 56.4 Å². The Morgan fingerprint density at radius 3 is 2.68 bits per heavy atom. The molecule has 1 heterocycles. The van der Waals surface area contributed by atoms with Crippen molar-refractivity contribution in [1.82, 2.24) is 20.3 Å². The summed E-state index contributed by atoms with van der Waals surface area (Å²) in [7, 11) is -3.55. The molecule has 0 aliphatic heterocycles. The van der Waals surface area contributed by atoms with E-state index >= 15 is 0 Å². The fourth-order valence-electron chi connectivity index (χ4n) is 3.08. The fraction of sp³-hybridized carbons (Fsp3) is 0.684. The van der Waals surface area contributed by atoms with E-state index in [1.807, 2.05) is 6.92 Å². The first-order valence-electron chi connectivity index (χ1n) is 10.2. The van der Waals surface area contributed by atoms with Crippen LogP contribution in [0.25, 0.3) is 0 Å². The number of sulfonamides is 1. The Morgan fingerprint density at radius 1 is 1.21 bits per heavy atom. The highest BCUT2D eigenvalue weighted by atomic mass is 32.2. The normalized spacial score (nSPS) is 16.5. The third kappa shape index (κ3) is 8.53. The Bertz CT molecular complexity index is 674. The molecular weight excluding hydrogens is 378 g/mol. The van der Waals surface area contributed by atoms with Crippen LogP contribution >= 0.6 is 0 Å². The third-order valence-electron chi connectivity index (χ3n) is 4.51. The molecule has 0 atom stereocenters. The highest BCUT2D eigenvalue weighted by Gasteiger charge is 2.13. The molecule has 1 fully saturated rings. The van der Waals surface area contributed by atoms with Crippen LogP contribution in [0.5, 0.6) is 0 Å². The van der Waals surface area contributed by atoms with Crippen molar-refractivity contribution in [3.63, 3.8) is 0 Å². The van der Waals surface area contributed by atoms with Gasteiger partial charge in [-0.25, -0.2) is 13.1 Å². The van der Waals surface area contributed by atoms with E-state index in [1.54, 1.807) is 6.07 Å². The van der Waals surface area contributed by atoms with Gasteiger partial charge in [-0.15, -0.1) is 0 Å². The highest BCUT2D eigenvalue weighted by Crippen LogP contribution is 2.19. The number of aromatic nitrogens is 1. The van der Waals surface area contributed by atoms with Crippen molar-refractivity contribution in [2.24, 2.45) is 4.99 Å². The van der Waals surface area contributed by atoms with Crippen molar-refractivity contribution < 1.29 is 13.2 Å². The number of guanidine groups is 1. The summed E-state index contributed by atoms with van der Waals surface area (Å²) in [5.41, 5.74) is 0. The van der Waals surface area contributed by atoms with Gasteiger partial charge in [0.1, 0.15) is 4.90 Å². The molecule has 1 aliphatic carbocycles. The van der Waals surface area contributed by atoms with E-state index in [4.69, 9.17) is 4.74 Å². The van der Waals surface area contributed by atoms with Crippen LogP contribution in [0.15, 0.2) is 34.4 Å². The maximum atomic E-state index is 12.1. The Balaban J connectivity index is 1.69. The summed E-state index contributed by atoms with van der Waals surface area (Å²) < 4.78 is 32.8. The second-order valence-electron chi connectivity index (χ2n) is 6.76. The summed E-state index contributed by atoms with van der Waals surface area (Å²) in [6, 6.07) is 3.11. The van der Waals surface area contributed by atoms with E-state index in [0.29, 0.717) is 31.8 Å². The summed E-state index contributed by atoms with van der Waals surface area (Å²) in [5, 5.41) is 6.39. The predicted octanol–water partition coefficient (Wildman–Crippen LogP) is 1.65.